The normalized spacial score (nSPS) is 12.4. The zero-order valence-corrected chi connectivity index (χ0v) is 20.0. The third-order valence-electron chi connectivity index (χ3n) is 3.62. The third-order valence-corrected chi connectivity index (χ3v) is 3.62. The van der Waals surface area contributed by atoms with E-state index in [1.807, 2.05) is 0 Å². The Kier molecular flexibility index (Phi) is 12.6. The van der Waals surface area contributed by atoms with Gasteiger partial charge in [-0.15, -0.1) is 0 Å². The Labute approximate surface area is 185 Å². The summed E-state index contributed by atoms with van der Waals surface area (Å²) < 4.78 is 10.4. The first kappa shape index (κ1) is 28.5. The molecule has 0 aliphatic carbocycles. The average Bonchev–Trinajstić information content (AvgIpc) is 2.56. The van der Waals surface area contributed by atoms with E-state index in [-0.39, 0.29) is 11.8 Å². The van der Waals surface area contributed by atoms with E-state index in [4.69, 9.17) is 9.47 Å². The highest BCUT2D eigenvalue weighted by Gasteiger charge is 2.24. The van der Waals surface area contributed by atoms with Crippen molar-refractivity contribution in [3.05, 3.63) is 0 Å². The lowest BCUT2D eigenvalue weighted by molar-refractivity contribution is -0.123. The summed E-state index contributed by atoms with van der Waals surface area (Å²) in [7, 11) is 0. The van der Waals surface area contributed by atoms with Crippen LogP contribution in [0.3, 0.4) is 0 Å². The zero-order valence-electron chi connectivity index (χ0n) is 20.0. The highest BCUT2D eigenvalue weighted by Crippen LogP contribution is 2.09. The fourth-order valence-electron chi connectivity index (χ4n) is 2.38. The lowest BCUT2D eigenvalue weighted by Crippen LogP contribution is -2.48. The molecule has 0 aromatic rings. The molecule has 10 nitrogen and oxygen atoms in total. The molecule has 4 N–H and O–H groups in total. The molecule has 0 spiro atoms. The fourth-order valence-corrected chi connectivity index (χ4v) is 2.38. The molecule has 0 saturated carbocycles. The Morgan fingerprint density at radius 3 is 1.77 bits per heavy atom. The van der Waals surface area contributed by atoms with Crippen molar-refractivity contribution in [2.75, 3.05) is 19.6 Å². The Morgan fingerprint density at radius 1 is 0.710 bits per heavy atom. The maximum absolute atomic E-state index is 12.5. The van der Waals surface area contributed by atoms with Gasteiger partial charge in [0.15, 0.2) is 0 Å². The lowest BCUT2D eigenvalue weighted by Gasteiger charge is -2.23. The van der Waals surface area contributed by atoms with Gasteiger partial charge in [0, 0.05) is 26.6 Å². The van der Waals surface area contributed by atoms with E-state index in [0.29, 0.717) is 45.3 Å². The van der Waals surface area contributed by atoms with Gasteiger partial charge in [0.1, 0.15) is 17.2 Å². The molecule has 1 atom stereocenters. The molecule has 0 aromatic heterocycles. The smallest absolute Gasteiger partial charge is 0.408 e. The van der Waals surface area contributed by atoms with Gasteiger partial charge >= 0.3 is 12.2 Å². The van der Waals surface area contributed by atoms with E-state index in [9.17, 15) is 19.2 Å². The molecule has 0 radical (unpaired) electrons. The van der Waals surface area contributed by atoms with Gasteiger partial charge in [-0.05, 0) is 67.2 Å². The number of nitrogens with one attached hydrogen (secondary N) is 4. The molecule has 1 unspecified atom stereocenters. The van der Waals surface area contributed by atoms with Crippen LogP contribution in [0.5, 0.6) is 0 Å². The minimum absolute atomic E-state index is 0.129. The van der Waals surface area contributed by atoms with Crippen LogP contribution in [0.4, 0.5) is 9.59 Å². The van der Waals surface area contributed by atoms with Crippen LogP contribution in [0.1, 0.15) is 74.1 Å². The number of ether oxygens (including phenoxy) is 2. The maximum atomic E-state index is 12.5. The Morgan fingerprint density at radius 2 is 1.23 bits per heavy atom. The maximum Gasteiger partial charge on any atom is 0.408 e. The largest absolute Gasteiger partial charge is 0.444 e. The van der Waals surface area contributed by atoms with Gasteiger partial charge in [0.2, 0.25) is 11.8 Å². The lowest BCUT2D eigenvalue weighted by atomic mass is 10.1. The van der Waals surface area contributed by atoms with Gasteiger partial charge in [-0.3, -0.25) is 9.59 Å². The predicted molar refractivity (Wildman–Crippen MR) is 118 cm³/mol. The first-order chi connectivity index (χ1) is 14.2. The summed E-state index contributed by atoms with van der Waals surface area (Å²) in [6.45, 7) is 13.2. The van der Waals surface area contributed by atoms with Crippen molar-refractivity contribution in [1.82, 2.24) is 21.3 Å². The van der Waals surface area contributed by atoms with Crippen molar-refractivity contribution in [3.63, 3.8) is 0 Å². The van der Waals surface area contributed by atoms with Crippen LogP contribution >= 0.6 is 0 Å². The van der Waals surface area contributed by atoms with E-state index < -0.39 is 29.4 Å². The van der Waals surface area contributed by atoms with Crippen LogP contribution in [0.15, 0.2) is 0 Å². The van der Waals surface area contributed by atoms with E-state index in [1.54, 1.807) is 41.5 Å². The molecule has 0 aliphatic rings. The van der Waals surface area contributed by atoms with Crippen molar-refractivity contribution in [2.45, 2.75) is 91.4 Å². The summed E-state index contributed by atoms with van der Waals surface area (Å²) in [5.74, 6) is -0.454. The van der Waals surface area contributed by atoms with Gasteiger partial charge in [-0.25, -0.2) is 9.59 Å². The second kappa shape index (κ2) is 13.7. The SMILES string of the molecule is CC(=O)NCCCNC(=O)C(CCCCNC(=O)OC(C)(C)C)NC(=O)OC(C)(C)C. The molecule has 0 heterocycles. The zero-order chi connectivity index (χ0) is 24.1. The second-order valence-corrected chi connectivity index (χ2v) is 9.25. The van der Waals surface area contributed by atoms with Crippen LogP contribution in [0, 0.1) is 0 Å². The number of carbonyl (C=O) groups is 4. The molecular formula is C21H40N4O6. The van der Waals surface area contributed by atoms with Crippen molar-refractivity contribution in [2.24, 2.45) is 0 Å². The fraction of sp³-hybridized carbons (Fsp3) is 0.810. The number of rotatable bonds is 11. The number of carbonyl (C=O) groups excluding carboxylic acids is 4. The van der Waals surface area contributed by atoms with Gasteiger partial charge < -0.3 is 30.7 Å². The number of alkyl carbamates (subject to hydrolysis) is 2. The monoisotopic (exact) mass is 444 g/mol. The van der Waals surface area contributed by atoms with E-state index in [0.717, 1.165) is 0 Å². The highest BCUT2D eigenvalue weighted by molar-refractivity contribution is 5.85. The first-order valence-electron chi connectivity index (χ1n) is 10.7. The number of hydrogen-bond donors (Lipinski definition) is 4. The molecule has 31 heavy (non-hydrogen) atoms. The molecule has 0 saturated heterocycles. The minimum Gasteiger partial charge on any atom is -0.444 e. The molecule has 0 rings (SSSR count). The Balaban J connectivity index is 4.52. The van der Waals surface area contributed by atoms with Crippen molar-refractivity contribution in [3.8, 4) is 0 Å². The van der Waals surface area contributed by atoms with E-state index in [1.165, 1.54) is 6.92 Å². The van der Waals surface area contributed by atoms with Crippen LogP contribution in [0.25, 0.3) is 0 Å². The van der Waals surface area contributed by atoms with Crippen molar-refractivity contribution >= 4 is 24.0 Å². The highest BCUT2D eigenvalue weighted by atomic mass is 16.6. The molecule has 10 heteroatoms. The Bertz CT molecular complexity index is 596. The molecular weight excluding hydrogens is 404 g/mol. The quantitative estimate of drug-likeness (QED) is 0.361. The summed E-state index contributed by atoms with van der Waals surface area (Å²) in [6, 6.07) is -0.767. The molecule has 0 fully saturated rings. The van der Waals surface area contributed by atoms with Crippen molar-refractivity contribution in [1.29, 1.82) is 0 Å². The van der Waals surface area contributed by atoms with Gasteiger partial charge in [-0.1, -0.05) is 0 Å². The Hall–Kier alpha value is -2.52. The number of hydrogen-bond acceptors (Lipinski definition) is 6. The van der Waals surface area contributed by atoms with E-state index >= 15 is 0 Å². The summed E-state index contributed by atoms with van der Waals surface area (Å²) in [6.07, 6.45) is 0.999. The molecule has 0 bridgehead atoms. The van der Waals surface area contributed by atoms with Gasteiger partial charge in [0.05, 0.1) is 0 Å². The summed E-state index contributed by atoms with van der Waals surface area (Å²) >= 11 is 0. The number of amides is 4. The standard InChI is InChI=1S/C21H40N4O6/c1-15(26)22-13-10-14-23-17(27)16(25-19(29)31-21(5,6)7)11-8-9-12-24-18(28)30-20(2,3)4/h16H,8-14H2,1-7H3,(H,22,26)(H,23,27)(H,24,28)(H,25,29). The second-order valence-electron chi connectivity index (χ2n) is 9.25. The van der Waals surface area contributed by atoms with Crippen LogP contribution in [-0.2, 0) is 19.1 Å². The predicted octanol–water partition coefficient (Wildman–Crippen LogP) is 2.22. The summed E-state index contributed by atoms with van der Waals surface area (Å²) in [5.41, 5.74) is -1.24. The molecule has 180 valence electrons. The number of unbranched alkanes of at least 4 members (excludes halogenated alkanes) is 1. The van der Waals surface area contributed by atoms with Crippen LogP contribution < -0.4 is 21.3 Å². The minimum atomic E-state index is -0.767. The molecule has 4 amide bonds. The third kappa shape index (κ3) is 18.0. The van der Waals surface area contributed by atoms with Crippen LogP contribution in [-0.4, -0.2) is 60.9 Å². The van der Waals surface area contributed by atoms with E-state index in [2.05, 4.69) is 21.3 Å². The first-order valence-corrected chi connectivity index (χ1v) is 10.7. The van der Waals surface area contributed by atoms with Crippen LogP contribution in [0.2, 0.25) is 0 Å². The topological polar surface area (TPSA) is 135 Å². The van der Waals surface area contributed by atoms with Gasteiger partial charge in [0.25, 0.3) is 0 Å². The van der Waals surface area contributed by atoms with Crippen molar-refractivity contribution < 1.29 is 28.7 Å². The summed E-state index contributed by atoms with van der Waals surface area (Å²) in [5, 5.41) is 10.7. The molecule has 0 aliphatic heterocycles. The summed E-state index contributed by atoms with van der Waals surface area (Å²) in [4.78, 5) is 47.1. The average molecular weight is 445 g/mol. The molecule has 0 aromatic carbocycles. The van der Waals surface area contributed by atoms with Gasteiger partial charge in [-0.2, -0.15) is 0 Å².